The first kappa shape index (κ1) is 22.0. The van der Waals surface area contributed by atoms with Gasteiger partial charge in [-0.2, -0.15) is 0 Å². The molecule has 2 N–H and O–H groups in total. The number of guanidine groups is 1. The lowest BCUT2D eigenvalue weighted by Crippen LogP contribution is -2.45. The fourth-order valence-electron chi connectivity index (χ4n) is 3.62. The van der Waals surface area contributed by atoms with E-state index in [0.29, 0.717) is 18.8 Å². The summed E-state index contributed by atoms with van der Waals surface area (Å²) in [4.78, 5) is 4.33. The highest BCUT2D eigenvalue weighted by molar-refractivity contribution is 14.0. The quantitative estimate of drug-likeness (QED) is 0.256. The minimum Gasteiger partial charge on any atom is -0.377 e. The van der Waals surface area contributed by atoms with Gasteiger partial charge in [-0.1, -0.05) is 19.8 Å². The van der Waals surface area contributed by atoms with E-state index in [1.807, 2.05) is 7.05 Å². The molecule has 1 saturated heterocycles. The number of aliphatic imine (C=N–C) groups is 1. The van der Waals surface area contributed by atoms with Crippen molar-refractivity contribution in [3.05, 3.63) is 0 Å². The Morgan fingerprint density at radius 3 is 2.62 bits per heavy atom. The van der Waals surface area contributed by atoms with Crippen LogP contribution >= 0.6 is 24.0 Å². The number of ether oxygens (including phenoxy) is 2. The van der Waals surface area contributed by atoms with E-state index in [1.165, 1.54) is 44.9 Å². The van der Waals surface area contributed by atoms with Gasteiger partial charge in [0.15, 0.2) is 5.96 Å². The zero-order valence-corrected chi connectivity index (χ0v) is 17.7. The molecule has 0 spiro atoms. The third-order valence-corrected chi connectivity index (χ3v) is 4.97. The lowest BCUT2D eigenvalue weighted by molar-refractivity contribution is 0.0191. The molecule has 2 rings (SSSR count). The number of nitrogens with one attached hydrogen (secondary N) is 2. The van der Waals surface area contributed by atoms with E-state index in [1.54, 1.807) is 0 Å². The van der Waals surface area contributed by atoms with Crippen molar-refractivity contribution in [2.75, 3.05) is 33.4 Å². The van der Waals surface area contributed by atoms with Crippen LogP contribution in [0.25, 0.3) is 0 Å². The highest BCUT2D eigenvalue weighted by atomic mass is 127. The maximum absolute atomic E-state index is 5.67. The molecule has 0 amide bonds. The Labute approximate surface area is 164 Å². The molecule has 142 valence electrons. The monoisotopic (exact) mass is 453 g/mol. The van der Waals surface area contributed by atoms with Crippen LogP contribution in [0.5, 0.6) is 0 Å². The average Bonchev–Trinajstić information content (AvgIpc) is 3.09. The first-order valence-corrected chi connectivity index (χ1v) is 9.48. The summed E-state index contributed by atoms with van der Waals surface area (Å²) in [5.41, 5.74) is 0. The fourth-order valence-corrected chi connectivity index (χ4v) is 3.62. The minimum absolute atomic E-state index is 0. The molecule has 2 fully saturated rings. The van der Waals surface area contributed by atoms with Crippen LogP contribution in [0.4, 0.5) is 0 Å². The Morgan fingerprint density at radius 1 is 1.21 bits per heavy atom. The van der Waals surface area contributed by atoms with Gasteiger partial charge in [-0.25, -0.2) is 0 Å². The summed E-state index contributed by atoms with van der Waals surface area (Å²) in [5.74, 6) is 1.85. The van der Waals surface area contributed by atoms with E-state index in [0.717, 1.165) is 38.1 Å². The van der Waals surface area contributed by atoms with Crippen LogP contribution < -0.4 is 10.6 Å². The van der Waals surface area contributed by atoms with Crippen LogP contribution in [0.1, 0.15) is 58.3 Å². The molecule has 1 unspecified atom stereocenters. The van der Waals surface area contributed by atoms with Crippen molar-refractivity contribution in [3.8, 4) is 0 Å². The van der Waals surface area contributed by atoms with Crippen molar-refractivity contribution in [3.63, 3.8) is 0 Å². The van der Waals surface area contributed by atoms with Crippen molar-refractivity contribution < 1.29 is 9.47 Å². The molecule has 1 atom stereocenters. The van der Waals surface area contributed by atoms with Crippen molar-refractivity contribution >= 4 is 29.9 Å². The number of rotatable bonds is 8. The first-order valence-electron chi connectivity index (χ1n) is 9.48. The summed E-state index contributed by atoms with van der Waals surface area (Å²) in [6.45, 7) is 5.39. The van der Waals surface area contributed by atoms with Gasteiger partial charge in [-0.15, -0.1) is 24.0 Å². The van der Waals surface area contributed by atoms with E-state index < -0.39 is 0 Å². The molecule has 2 aliphatic rings. The van der Waals surface area contributed by atoms with Crippen molar-refractivity contribution in [2.45, 2.75) is 70.4 Å². The largest absolute Gasteiger partial charge is 0.377 e. The second-order valence-electron chi connectivity index (χ2n) is 6.86. The predicted molar refractivity (Wildman–Crippen MR) is 110 cm³/mol. The van der Waals surface area contributed by atoms with Crippen molar-refractivity contribution in [1.29, 1.82) is 0 Å². The van der Waals surface area contributed by atoms with E-state index >= 15 is 0 Å². The summed E-state index contributed by atoms with van der Waals surface area (Å²) < 4.78 is 11.2. The van der Waals surface area contributed by atoms with Crippen LogP contribution in [-0.4, -0.2) is 51.5 Å². The Bertz CT molecular complexity index is 341. The van der Waals surface area contributed by atoms with Crippen molar-refractivity contribution in [1.82, 2.24) is 10.6 Å². The normalized spacial score (nSPS) is 27.6. The predicted octanol–water partition coefficient (Wildman–Crippen LogP) is 3.32. The summed E-state index contributed by atoms with van der Waals surface area (Å²) in [6.07, 6.45) is 10.6. The lowest BCUT2D eigenvalue weighted by atomic mass is 9.83. The van der Waals surface area contributed by atoms with Crippen molar-refractivity contribution in [2.24, 2.45) is 10.9 Å². The molecule has 0 radical (unpaired) electrons. The molecule has 1 aliphatic carbocycles. The van der Waals surface area contributed by atoms with Gasteiger partial charge < -0.3 is 20.1 Å². The van der Waals surface area contributed by atoms with Gasteiger partial charge in [0.1, 0.15) is 0 Å². The van der Waals surface area contributed by atoms with Crippen LogP contribution in [0.3, 0.4) is 0 Å². The second kappa shape index (κ2) is 13.2. The van der Waals surface area contributed by atoms with Crippen LogP contribution in [-0.2, 0) is 9.47 Å². The third kappa shape index (κ3) is 8.34. The number of nitrogens with zero attached hydrogens (tertiary/aromatic N) is 1. The van der Waals surface area contributed by atoms with Gasteiger partial charge in [0.05, 0.1) is 19.3 Å². The Hall–Kier alpha value is -0.0800. The van der Waals surface area contributed by atoms with E-state index in [2.05, 4.69) is 22.5 Å². The highest BCUT2D eigenvalue weighted by Gasteiger charge is 2.21. The number of hydrogen-bond acceptors (Lipinski definition) is 3. The standard InChI is InChI=1S/C18H35N3O2.HI/c1-3-5-15-7-9-16(10-8-15)21-18(19-2)20-11-13-22-14-17-6-4-12-23-17;/h15-17H,3-14H2,1-2H3,(H2,19,20,21);1H. The summed E-state index contributed by atoms with van der Waals surface area (Å²) in [6, 6.07) is 0.571. The Balaban J connectivity index is 0.00000288. The molecule has 0 aromatic heterocycles. The van der Waals surface area contributed by atoms with Gasteiger partial charge in [-0.05, 0) is 44.4 Å². The summed E-state index contributed by atoms with van der Waals surface area (Å²) in [7, 11) is 1.84. The third-order valence-electron chi connectivity index (χ3n) is 4.97. The Morgan fingerprint density at radius 2 is 2.00 bits per heavy atom. The molecule has 24 heavy (non-hydrogen) atoms. The SMILES string of the molecule is CCCC1CCC(NC(=NC)NCCOCC2CCCO2)CC1.I. The first-order chi connectivity index (χ1) is 11.3. The number of halogens is 1. The zero-order valence-electron chi connectivity index (χ0n) is 15.4. The summed E-state index contributed by atoms with van der Waals surface area (Å²) >= 11 is 0. The Kier molecular flexibility index (Phi) is 12.0. The minimum atomic E-state index is 0. The molecule has 1 aliphatic heterocycles. The zero-order chi connectivity index (χ0) is 16.3. The smallest absolute Gasteiger partial charge is 0.191 e. The molecule has 0 aromatic rings. The van der Waals surface area contributed by atoms with Crippen LogP contribution in [0.15, 0.2) is 4.99 Å². The maximum atomic E-state index is 5.67. The molecule has 0 aromatic carbocycles. The molecule has 1 heterocycles. The van der Waals surface area contributed by atoms with Gasteiger partial charge in [-0.3, -0.25) is 4.99 Å². The highest BCUT2D eigenvalue weighted by Crippen LogP contribution is 2.27. The van der Waals surface area contributed by atoms with Gasteiger partial charge >= 0.3 is 0 Å². The number of hydrogen-bond donors (Lipinski definition) is 2. The molecular weight excluding hydrogens is 417 g/mol. The maximum Gasteiger partial charge on any atom is 0.191 e. The fraction of sp³-hybridized carbons (Fsp3) is 0.944. The van der Waals surface area contributed by atoms with E-state index in [-0.39, 0.29) is 24.0 Å². The molecule has 6 heteroatoms. The van der Waals surface area contributed by atoms with Gasteiger partial charge in [0.25, 0.3) is 0 Å². The van der Waals surface area contributed by atoms with Gasteiger partial charge in [0.2, 0.25) is 0 Å². The van der Waals surface area contributed by atoms with E-state index in [9.17, 15) is 0 Å². The molecule has 5 nitrogen and oxygen atoms in total. The topological polar surface area (TPSA) is 54.9 Å². The molecule has 1 saturated carbocycles. The van der Waals surface area contributed by atoms with E-state index in [4.69, 9.17) is 9.47 Å². The summed E-state index contributed by atoms with van der Waals surface area (Å²) in [5, 5.41) is 6.91. The average molecular weight is 453 g/mol. The lowest BCUT2D eigenvalue weighted by Gasteiger charge is -2.30. The van der Waals surface area contributed by atoms with Crippen LogP contribution in [0.2, 0.25) is 0 Å². The molecular formula is C18H36IN3O2. The van der Waals surface area contributed by atoms with Crippen LogP contribution in [0, 0.1) is 5.92 Å². The molecule has 0 bridgehead atoms. The second-order valence-corrected chi connectivity index (χ2v) is 6.86. The van der Waals surface area contributed by atoms with Gasteiger partial charge in [0, 0.05) is 26.2 Å².